The lowest BCUT2D eigenvalue weighted by molar-refractivity contribution is -0.122. The maximum atomic E-state index is 11.7. The molecule has 1 unspecified atom stereocenters. The fourth-order valence-corrected chi connectivity index (χ4v) is 1.53. The molecule has 1 N–H and O–H groups in total. The van der Waals surface area contributed by atoms with E-state index in [1.807, 2.05) is 44.2 Å². The van der Waals surface area contributed by atoms with Crippen LogP contribution >= 0.6 is 0 Å². The summed E-state index contributed by atoms with van der Waals surface area (Å²) >= 11 is 0. The van der Waals surface area contributed by atoms with Crippen molar-refractivity contribution < 1.29 is 14.3 Å². The molecule has 5 heteroatoms. The maximum Gasteiger partial charge on any atom is 0.410 e. The minimum atomic E-state index is -0.506. The number of nitrogens with one attached hydrogen (secondary N) is 1. The summed E-state index contributed by atoms with van der Waals surface area (Å²) in [6.45, 7) is 4.11. The molecule has 0 bridgehead atoms. The number of likely N-dealkylation sites (N-methyl/N-ethyl adjacent to an activating group) is 1. The predicted molar refractivity (Wildman–Crippen MR) is 77.2 cm³/mol. The molecule has 110 valence electrons. The molecular weight excluding hydrogens is 256 g/mol. The van der Waals surface area contributed by atoms with E-state index in [0.29, 0.717) is 0 Å². The smallest absolute Gasteiger partial charge is 0.410 e. The first kappa shape index (κ1) is 16.0. The highest BCUT2D eigenvalue weighted by atomic mass is 16.6. The third-order valence-electron chi connectivity index (χ3n) is 2.92. The van der Waals surface area contributed by atoms with Crippen molar-refractivity contribution in [3.05, 3.63) is 35.9 Å². The van der Waals surface area contributed by atoms with E-state index in [0.717, 1.165) is 12.0 Å². The van der Waals surface area contributed by atoms with E-state index in [1.165, 1.54) is 4.90 Å². The van der Waals surface area contributed by atoms with Gasteiger partial charge in [-0.05, 0) is 18.9 Å². The highest BCUT2D eigenvalue weighted by Crippen LogP contribution is 2.02. The van der Waals surface area contributed by atoms with Crippen LogP contribution in [0.2, 0.25) is 0 Å². The number of carbonyl (C=O) groups is 2. The average Bonchev–Trinajstić information content (AvgIpc) is 2.45. The van der Waals surface area contributed by atoms with Gasteiger partial charge in [-0.1, -0.05) is 37.3 Å². The normalized spacial score (nSPS) is 11.6. The number of nitrogens with zero attached hydrogens (tertiary/aromatic N) is 1. The van der Waals surface area contributed by atoms with Gasteiger partial charge in [0.1, 0.15) is 13.2 Å². The zero-order chi connectivity index (χ0) is 15.0. The quantitative estimate of drug-likeness (QED) is 0.867. The number of benzene rings is 1. The van der Waals surface area contributed by atoms with Gasteiger partial charge >= 0.3 is 6.09 Å². The second-order valence-electron chi connectivity index (χ2n) is 4.77. The Morgan fingerprint density at radius 1 is 1.30 bits per heavy atom. The second kappa shape index (κ2) is 8.19. The molecule has 0 aliphatic carbocycles. The Morgan fingerprint density at radius 2 is 1.95 bits per heavy atom. The molecular formula is C15H22N2O3. The van der Waals surface area contributed by atoms with Crippen LogP contribution in [0.25, 0.3) is 0 Å². The monoisotopic (exact) mass is 278 g/mol. The van der Waals surface area contributed by atoms with Crippen LogP contribution in [-0.2, 0) is 16.1 Å². The van der Waals surface area contributed by atoms with E-state index >= 15 is 0 Å². The van der Waals surface area contributed by atoms with Crippen LogP contribution in [0.15, 0.2) is 30.3 Å². The van der Waals surface area contributed by atoms with Crippen molar-refractivity contribution in [2.75, 3.05) is 13.6 Å². The molecule has 2 amide bonds. The molecule has 0 aromatic heterocycles. The molecule has 1 atom stereocenters. The summed E-state index contributed by atoms with van der Waals surface area (Å²) in [4.78, 5) is 24.6. The molecule has 1 aromatic rings. The van der Waals surface area contributed by atoms with Crippen molar-refractivity contribution in [3.63, 3.8) is 0 Å². The summed E-state index contributed by atoms with van der Waals surface area (Å²) in [7, 11) is 1.55. The van der Waals surface area contributed by atoms with Crippen LogP contribution < -0.4 is 5.32 Å². The van der Waals surface area contributed by atoms with Crippen LogP contribution in [0.4, 0.5) is 4.79 Å². The highest BCUT2D eigenvalue weighted by Gasteiger charge is 2.15. The Hall–Kier alpha value is -2.04. The van der Waals surface area contributed by atoms with Gasteiger partial charge in [-0.2, -0.15) is 0 Å². The number of carbonyl (C=O) groups excluding carboxylic acids is 2. The summed E-state index contributed by atoms with van der Waals surface area (Å²) in [5, 5.41) is 2.80. The molecule has 5 nitrogen and oxygen atoms in total. The Labute approximate surface area is 119 Å². The van der Waals surface area contributed by atoms with Gasteiger partial charge < -0.3 is 15.0 Å². The summed E-state index contributed by atoms with van der Waals surface area (Å²) < 4.78 is 5.13. The van der Waals surface area contributed by atoms with Crippen LogP contribution in [0, 0.1) is 0 Å². The summed E-state index contributed by atoms with van der Waals surface area (Å²) in [5.74, 6) is -0.182. The topological polar surface area (TPSA) is 58.6 Å². The van der Waals surface area contributed by atoms with Crippen LogP contribution in [-0.4, -0.2) is 36.5 Å². The van der Waals surface area contributed by atoms with Crippen molar-refractivity contribution in [3.8, 4) is 0 Å². The SMILES string of the molecule is CCC(C)NC(=O)CN(C)C(=O)OCc1ccccc1. The molecule has 0 aliphatic heterocycles. The van der Waals surface area contributed by atoms with Crippen molar-refractivity contribution in [2.45, 2.75) is 32.9 Å². The lowest BCUT2D eigenvalue weighted by atomic mass is 10.2. The van der Waals surface area contributed by atoms with E-state index in [2.05, 4.69) is 5.32 Å². The van der Waals surface area contributed by atoms with E-state index < -0.39 is 6.09 Å². The second-order valence-corrected chi connectivity index (χ2v) is 4.77. The Morgan fingerprint density at radius 3 is 2.55 bits per heavy atom. The van der Waals surface area contributed by atoms with Gasteiger partial charge in [-0.25, -0.2) is 4.79 Å². The first-order valence-corrected chi connectivity index (χ1v) is 6.74. The van der Waals surface area contributed by atoms with Crippen LogP contribution in [0.5, 0.6) is 0 Å². The molecule has 0 heterocycles. The minimum absolute atomic E-state index is 0.00202. The van der Waals surface area contributed by atoms with E-state index in [4.69, 9.17) is 4.74 Å². The number of hydrogen-bond acceptors (Lipinski definition) is 3. The van der Waals surface area contributed by atoms with Crippen molar-refractivity contribution in [2.24, 2.45) is 0 Å². The molecule has 0 aliphatic rings. The number of rotatable bonds is 6. The Bertz CT molecular complexity index is 434. The Balaban J connectivity index is 2.34. The molecule has 0 spiro atoms. The molecule has 0 radical (unpaired) electrons. The molecule has 1 aromatic carbocycles. The van der Waals surface area contributed by atoms with Gasteiger partial charge in [-0.15, -0.1) is 0 Å². The van der Waals surface area contributed by atoms with E-state index in [1.54, 1.807) is 7.05 Å². The maximum absolute atomic E-state index is 11.7. The van der Waals surface area contributed by atoms with Gasteiger partial charge in [0.25, 0.3) is 0 Å². The number of hydrogen-bond donors (Lipinski definition) is 1. The largest absolute Gasteiger partial charge is 0.445 e. The zero-order valence-corrected chi connectivity index (χ0v) is 12.3. The van der Waals surface area contributed by atoms with Gasteiger partial charge in [0.15, 0.2) is 0 Å². The van der Waals surface area contributed by atoms with Gasteiger partial charge in [0.2, 0.25) is 5.91 Å². The van der Waals surface area contributed by atoms with Crippen molar-refractivity contribution in [1.29, 1.82) is 0 Å². The first-order valence-electron chi connectivity index (χ1n) is 6.74. The van der Waals surface area contributed by atoms with Crippen molar-refractivity contribution >= 4 is 12.0 Å². The summed E-state index contributed by atoms with van der Waals surface area (Å²) in [5.41, 5.74) is 0.915. The summed E-state index contributed by atoms with van der Waals surface area (Å²) in [6, 6.07) is 9.53. The number of amides is 2. The minimum Gasteiger partial charge on any atom is -0.445 e. The number of ether oxygens (including phenoxy) is 1. The Kier molecular flexibility index (Phi) is 6.56. The predicted octanol–water partition coefficient (Wildman–Crippen LogP) is 2.17. The van der Waals surface area contributed by atoms with Gasteiger partial charge in [0.05, 0.1) is 0 Å². The standard InChI is InChI=1S/C15H22N2O3/c1-4-12(2)16-14(18)10-17(3)15(19)20-11-13-8-6-5-7-9-13/h5-9,12H,4,10-11H2,1-3H3,(H,16,18). The van der Waals surface area contributed by atoms with Crippen LogP contribution in [0.1, 0.15) is 25.8 Å². The fraction of sp³-hybridized carbons (Fsp3) is 0.467. The zero-order valence-electron chi connectivity index (χ0n) is 12.3. The van der Waals surface area contributed by atoms with Crippen LogP contribution in [0.3, 0.4) is 0 Å². The fourth-order valence-electron chi connectivity index (χ4n) is 1.53. The average molecular weight is 278 g/mol. The third-order valence-corrected chi connectivity index (χ3v) is 2.92. The van der Waals surface area contributed by atoms with Gasteiger partial charge in [-0.3, -0.25) is 4.79 Å². The lowest BCUT2D eigenvalue weighted by Gasteiger charge is -2.18. The first-order chi connectivity index (χ1) is 9.52. The summed E-state index contributed by atoms with van der Waals surface area (Å²) in [6.07, 6.45) is 0.349. The third kappa shape index (κ3) is 5.73. The molecule has 20 heavy (non-hydrogen) atoms. The van der Waals surface area contributed by atoms with E-state index in [9.17, 15) is 9.59 Å². The van der Waals surface area contributed by atoms with Gasteiger partial charge in [0, 0.05) is 13.1 Å². The molecule has 0 saturated carbocycles. The lowest BCUT2D eigenvalue weighted by Crippen LogP contribution is -2.41. The molecule has 0 fully saturated rings. The highest BCUT2D eigenvalue weighted by molar-refractivity contribution is 5.82. The van der Waals surface area contributed by atoms with E-state index in [-0.39, 0.29) is 25.1 Å². The molecule has 0 saturated heterocycles. The van der Waals surface area contributed by atoms with Crippen molar-refractivity contribution in [1.82, 2.24) is 10.2 Å². The molecule has 1 rings (SSSR count).